The number of carbonyl (C=O) groups is 1. The van der Waals surface area contributed by atoms with Crippen molar-refractivity contribution in [2.45, 2.75) is 31.6 Å². The summed E-state index contributed by atoms with van der Waals surface area (Å²) in [5.41, 5.74) is 4.24. The van der Waals surface area contributed by atoms with Crippen molar-refractivity contribution in [3.05, 3.63) is 65.4 Å². The van der Waals surface area contributed by atoms with Crippen LogP contribution >= 0.6 is 0 Å². The third kappa shape index (κ3) is 4.00. The Labute approximate surface area is 177 Å². The second kappa shape index (κ2) is 8.24. The normalized spacial score (nSPS) is 15.6. The van der Waals surface area contributed by atoms with Gasteiger partial charge in [-0.1, -0.05) is 24.3 Å². The van der Waals surface area contributed by atoms with Gasteiger partial charge in [0.15, 0.2) is 0 Å². The number of carbonyl (C=O) groups excluding carboxylic acids is 1. The Hall–Kier alpha value is -2.64. The standard InChI is InChI=1S/C23H27N3O3S/c1-17-7-9-20(15-18(17)2)30(28,29)26-13-11-25(12-14-26)23(27)10-8-19-16-24-22-6-4-3-5-21(19)22/h3-7,9,15-16,24H,8,10-14H2,1-2H3. The Bertz CT molecular complexity index is 1180. The van der Waals surface area contributed by atoms with Gasteiger partial charge in [-0.3, -0.25) is 4.79 Å². The van der Waals surface area contributed by atoms with E-state index < -0.39 is 10.0 Å². The van der Waals surface area contributed by atoms with E-state index >= 15 is 0 Å². The second-order valence-corrected chi connectivity index (χ2v) is 9.83. The fraction of sp³-hybridized carbons (Fsp3) is 0.348. The average molecular weight is 426 g/mol. The van der Waals surface area contributed by atoms with E-state index in [1.165, 1.54) is 4.31 Å². The summed E-state index contributed by atoms with van der Waals surface area (Å²) in [7, 11) is -3.53. The minimum absolute atomic E-state index is 0.0727. The quantitative estimate of drug-likeness (QED) is 0.682. The Kier molecular flexibility index (Phi) is 5.66. The van der Waals surface area contributed by atoms with Crippen LogP contribution in [0.25, 0.3) is 10.9 Å². The first kappa shape index (κ1) is 20.6. The number of nitrogens with one attached hydrogen (secondary N) is 1. The van der Waals surface area contributed by atoms with Gasteiger partial charge in [0, 0.05) is 49.7 Å². The van der Waals surface area contributed by atoms with E-state index in [1.54, 1.807) is 17.0 Å². The summed E-state index contributed by atoms with van der Waals surface area (Å²) in [6.07, 6.45) is 3.06. The molecule has 1 aliphatic heterocycles. The van der Waals surface area contributed by atoms with Crippen molar-refractivity contribution in [2.75, 3.05) is 26.2 Å². The smallest absolute Gasteiger partial charge is 0.243 e. The summed E-state index contributed by atoms with van der Waals surface area (Å²) < 4.78 is 27.4. The monoisotopic (exact) mass is 425 g/mol. The predicted octanol–water partition coefficient (Wildman–Crippen LogP) is 3.25. The number of nitrogens with zero attached hydrogens (tertiary/aromatic N) is 2. The van der Waals surface area contributed by atoms with E-state index in [9.17, 15) is 13.2 Å². The zero-order chi connectivity index (χ0) is 21.3. The van der Waals surface area contributed by atoms with Crippen LogP contribution in [0.3, 0.4) is 0 Å². The first-order valence-corrected chi connectivity index (χ1v) is 11.7. The van der Waals surface area contributed by atoms with Gasteiger partial charge < -0.3 is 9.88 Å². The molecule has 0 bridgehead atoms. The highest BCUT2D eigenvalue weighted by Gasteiger charge is 2.30. The largest absolute Gasteiger partial charge is 0.361 e. The molecule has 1 aromatic heterocycles. The summed E-state index contributed by atoms with van der Waals surface area (Å²) in [5, 5.41) is 1.15. The molecule has 1 fully saturated rings. The highest BCUT2D eigenvalue weighted by molar-refractivity contribution is 7.89. The third-order valence-electron chi connectivity index (χ3n) is 5.99. The van der Waals surface area contributed by atoms with Crippen LogP contribution in [0.5, 0.6) is 0 Å². The molecule has 1 amide bonds. The molecule has 0 unspecified atom stereocenters. The van der Waals surface area contributed by atoms with Crippen molar-refractivity contribution in [3.8, 4) is 0 Å². The van der Waals surface area contributed by atoms with E-state index in [-0.39, 0.29) is 5.91 Å². The number of sulfonamides is 1. The number of aromatic nitrogens is 1. The number of para-hydroxylation sites is 1. The fourth-order valence-electron chi connectivity index (χ4n) is 3.94. The molecule has 1 saturated heterocycles. The van der Waals surface area contributed by atoms with Crippen molar-refractivity contribution >= 4 is 26.8 Å². The summed E-state index contributed by atoms with van der Waals surface area (Å²) in [6.45, 7) is 5.39. The van der Waals surface area contributed by atoms with Crippen molar-refractivity contribution in [3.63, 3.8) is 0 Å². The minimum atomic E-state index is -3.53. The van der Waals surface area contributed by atoms with Crippen LogP contribution in [0.4, 0.5) is 0 Å². The fourth-order valence-corrected chi connectivity index (χ4v) is 5.45. The molecule has 0 saturated carbocycles. The SMILES string of the molecule is Cc1ccc(S(=O)(=O)N2CCN(C(=O)CCc3c[nH]c4ccccc34)CC2)cc1C. The van der Waals surface area contributed by atoms with Gasteiger partial charge in [0.25, 0.3) is 0 Å². The van der Waals surface area contributed by atoms with Gasteiger partial charge in [-0.25, -0.2) is 8.42 Å². The lowest BCUT2D eigenvalue weighted by Crippen LogP contribution is -2.50. The highest BCUT2D eigenvalue weighted by atomic mass is 32.2. The number of H-pyrrole nitrogens is 1. The summed E-state index contributed by atoms with van der Waals surface area (Å²) in [5.74, 6) is 0.0727. The van der Waals surface area contributed by atoms with Gasteiger partial charge in [-0.05, 0) is 55.2 Å². The number of hydrogen-bond donors (Lipinski definition) is 1. The molecule has 6 nitrogen and oxygen atoms in total. The lowest BCUT2D eigenvalue weighted by Gasteiger charge is -2.34. The molecule has 1 aliphatic rings. The number of amides is 1. The molecule has 30 heavy (non-hydrogen) atoms. The van der Waals surface area contributed by atoms with Crippen LogP contribution in [0.2, 0.25) is 0 Å². The van der Waals surface area contributed by atoms with Crippen LogP contribution in [0, 0.1) is 13.8 Å². The van der Waals surface area contributed by atoms with Gasteiger partial charge in [0.2, 0.25) is 15.9 Å². The molecular weight excluding hydrogens is 398 g/mol. The Balaban J connectivity index is 1.35. The minimum Gasteiger partial charge on any atom is -0.361 e. The van der Waals surface area contributed by atoms with Gasteiger partial charge >= 0.3 is 0 Å². The third-order valence-corrected chi connectivity index (χ3v) is 7.89. The summed E-state index contributed by atoms with van der Waals surface area (Å²) in [4.78, 5) is 18.0. The first-order chi connectivity index (χ1) is 14.4. The Morgan fingerprint density at radius 2 is 1.73 bits per heavy atom. The zero-order valence-corrected chi connectivity index (χ0v) is 18.2. The van der Waals surface area contributed by atoms with Gasteiger partial charge in [-0.15, -0.1) is 0 Å². The number of aryl methyl sites for hydroxylation is 3. The molecule has 4 rings (SSSR count). The van der Waals surface area contributed by atoms with Crippen LogP contribution in [0.15, 0.2) is 53.6 Å². The topological polar surface area (TPSA) is 73.5 Å². The van der Waals surface area contributed by atoms with Crippen LogP contribution in [-0.2, 0) is 21.2 Å². The maximum atomic E-state index is 13.0. The number of aromatic amines is 1. The molecule has 0 atom stereocenters. The van der Waals surface area contributed by atoms with Crippen molar-refractivity contribution < 1.29 is 13.2 Å². The lowest BCUT2D eigenvalue weighted by molar-refractivity contribution is -0.132. The molecule has 0 aliphatic carbocycles. The first-order valence-electron chi connectivity index (χ1n) is 10.3. The second-order valence-electron chi connectivity index (χ2n) is 7.89. The number of rotatable bonds is 5. The van der Waals surface area contributed by atoms with E-state index in [1.807, 2.05) is 44.3 Å². The lowest BCUT2D eigenvalue weighted by atomic mass is 10.1. The molecule has 0 spiro atoms. The summed E-state index contributed by atoms with van der Waals surface area (Å²) >= 11 is 0. The van der Waals surface area contributed by atoms with Crippen LogP contribution in [0.1, 0.15) is 23.1 Å². The molecule has 7 heteroatoms. The molecule has 2 heterocycles. The van der Waals surface area contributed by atoms with Gasteiger partial charge in [0.1, 0.15) is 0 Å². The number of fused-ring (bicyclic) bond motifs is 1. The van der Waals surface area contributed by atoms with Crippen molar-refractivity contribution in [2.24, 2.45) is 0 Å². The summed E-state index contributed by atoms with van der Waals surface area (Å²) in [6, 6.07) is 13.3. The maximum Gasteiger partial charge on any atom is 0.243 e. The van der Waals surface area contributed by atoms with Crippen LogP contribution in [-0.4, -0.2) is 54.7 Å². The molecule has 3 aromatic rings. The Morgan fingerprint density at radius 1 is 1.00 bits per heavy atom. The van der Waals surface area contributed by atoms with Crippen LogP contribution < -0.4 is 0 Å². The predicted molar refractivity (Wildman–Crippen MR) is 118 cm³/mol. The van der Waals surface area contributed by atoms with E-state index in [0.717, 1.165) is 27.6 Å². The van der Waals surface area contributed by atoms with Crippen molar-refractivity contribution in [1.82, 2.24) is 14.2 Å². The van der Waals surface area contributed by atoms with E-state index in [4.69, 9.17) is 0 Å². The zero-order valence-electron chi connectivity index (χ0n) is 17.4. The number of piperazine rings is 1. The number of benzene rings is 2. The molecule has 2 aromatic carbocycles. The highest BCUT2D eigenvalue weighted by Crippen LogP contribution is 2.22. The van der Waals surface area contributed by atoms with Crippen molar-refractivity contribution in [1.29, 1.82) is 0 Å². The number of hydrogen-bond acceptors (Lipinski definition) is 3. The molecular formula is C23H27N3O3S. The molecule has 0 radical (unpaired) electrons. The van der Waals surface area contributed by atoms with Gasteiger partial charge in [-0.2, -0.15) is 4.31 Å². The van der Waals surface area contributed by atoms with E-state index in [0.29, 0.717) is 43.9 Å². The molecule has 1 N–H and O–H groups in total. The van der Waals surface area contributed by atoms with E-state index in [2.05, 4.69) is 11.1 Å². The molecule has 158 valence electrons. The Morgan fingerprint density at radius 3 is 2.47 bits per heavy atom. The average Bonchev–Trinajstić information content (AvgIpc) is 3.17. The van der Waals surface area contributed by atoms with Gasteiger partial charge in [0.05, 0.1) is 4.90 Å². The maximum absolute atomic E-state index is 13.0.